The highest BCUT2D eigenvalue weighted by Gasteiger charge is 2.18. The quantitative estimate of drug-likeness (QED) is 0.359. The Labute approximate surface area is 180 Å². The molecule has 11 heteroatoms. The number of carbonyl (C=O) groups is 1. The van der Waals surface area contributed by atoms with Crippen molar-refractivity contribution in [2.24, 2.45) is 0 Å². The number of rotatable bonds is 8. The van der Waals surface area contributed by atoms with Crippen molar-refractivity contribution in [1.82, 2.24) is 9.97 Å². The summed E-state index contributed by atoms with van der Waals surface area (Å²) in [5.41, 5.74) is -1.79. The summed E-state index contributed by atoms with van der Waals surface area (Å²) in [6.07, 6.45) is 2.74. The van der Waals surface area contributed by atoms with Gasteiger partial charge in [-0.15, -0.1) is 0 Å². The molecule has 0 aliphatic heterocycles. The van der Waals surface area contributed by atoms with E-state index in [0.717, 1.165) is 0 Å². The summed E-state index contributed by atoms with van der Waals surface area (Å²) in [7, 11) is 1.50. The van der Waals surface area contributed by atoms with Crippen molar-refractivity contribution in [3.63, 3.8) is 0 Å². The van der Waals surface area contributed by atoms with Crippen LogP contribution in [0.1, 0.15) is 11.3 Å². The number of nitro groups is 1. The SMILES string of the molecule is COc1ccccc1NC(=O)COc1ccc(/C=C/c2[nH]c(=O)[nH]c(=O)c2[N+](=O)[O-])cc1. The smallest absolute Gasteiger partial charge is 0.357 e. The van der Waals surface area contributed by atoms with E-state index in [9.17, 15) is 24.5 Å². The van der Waals surface area contributed by atoms with Gasteiger partial charge in [0, 0.05) is 0 Å². The number of hydrogen-bond acceptors (Lipinski definition) is 7. The Kier molecular flexibility index (Phi) is 6.81. The van der Waals surface area contributed by atoms with E-state index in [4.69, 9.17) is 9.47 Å². The minimum absolute atomic E-state index is 0.225. The summed E-state index contributed by atoms with van der Waals surface area (Å²) >= 11 is 0. The normalized spacial score (nSPS) is 10.7. The minimum atomic E-state index is -1.09. The molecule has 0 unspecified atom stereocenters. The van der Waals surface area contributed by atoms with Crippen LogP contribution in [0.3, 0.4) is 0 Å². The molecule has 0 fully saturated rings. The summed E-state index contributed by atoms with van der Waals surface area (Å²) in [5.74, 6) is 0.580. The van der Waals surface area contributed by atoms with Crippen molar-refractivity contribution in [2.75, 3.05) is 19.0 Å². The second-order valence-corrected chi connectivity index (χ2v) is 6.37. The van der Waals surface area contributed by atoms with Crippen LogP contribution in [-0.4, -0.2) is 34.5 Å². The number of methoxy groups -OCH3 is 1. The maximum atomic E-state index is 12.1. The zero-order valence-electron chi connectivity index (χ0n) is 16.8. The Balaban J connectivity index is 1.63. The van der Waals surface area contributed by atoms with E-state index >= 15 is 0 Å². The van der Waals surface area contributed by atoms with Gasteiger partial charge in [0.15, 0.2) is 6.61 Å². The molecule has 3 N–H and O–H groups in total. The van der Waals surface area contributed by atoms with Crippen LogP contribution in [0.25, 0.3) is 12.2 Å². The van der Waals surface area contributed by atoms with Crippen LogP contribution in [0.4, 0.5) is 11.4 Å². The van der Waals surface area contributed by atoms with Crippen LogP contribution < -0.4 is 26.0 Å². The lowest BCUT2D eigenvalue weighted by Gasteiger charge is -2.10. The third-order valence-electron chi connectivity index (χ3n) is 4.20. The number of nitrogens with zero attached hydrogens (tertiary/aromatic N) is 1. The van der Waals surface area contributed by atoms with Crippen molar-refractivity contribution < 1.29 is 19.2 Å². The molecular formula is C21H18N4O7. The first-order valence-electron chi connectivity index (χ1n) is 9.22. The fourth-order valence-corrected chi connectivity index (χ4v) is 2.74. The van der Waals surface area contributed by atoms with Gasteiger partial charge in [0.2, 0.25) is 0 Å². The topological polar surface area (TPSA) is 156 Å². The third kappa shape index (κ3) is 5.48. The lowest BCUT2D eigenvalue weighted by Crippen LogP contribution is -2.25. The second-order valence-electron chi connectivity index (χ2n) is 6.37. The fourth-order valence-electron chi connectivity index (χ4n) is 2.74. The summed E-state index contributed by atoms with van der Waals surface area (Å²) < 4.78 is 10.6. The summed E-state index contributed by atoms with van der Waals surface area (Å²) in [6, 6.07) is 13.5. The van der Waals surface area contributed by atoms with Gasteiger partial charge in [0.25, 0.3) is 5.91 Å². The Morgan fingerprint density at radius 3 is 2.50 bits per heavy atom. The number of aromatic amines is 2. The Bertz CT molecular complexity index is 1280. The number of carbonyl (C=O) groups excluding carboxylic acids is 1. The molecule has 3 rings (SSSR count). The van der Waals surface area contributed by atoms with Crippen LogP contribution in [-0.2, 0) is 4.79 Å². The van der Waals surface area contributed by atoms with Crippen molar-refractivity contribution in [3.05, 3.63) is 90.7 Å². The first-order valence-corrected chi connectivity index (χ1v) is 9.22. The third-order valence-corrected chi connectivity index (χ3v) is 4.20. The number of aromatic nitrogens is 2. The van der Waals surface area contributed by atoms with Crippen molar-refractivity contribution in [3.8, 4) is 11.5 Å². The zero-order chi connectivity index (χ0) is 23.1. The van der Waals surface area contributed by atoms with E-state index in [-0.39, 0.29) is 18.2 Å². The van der Waals surface area contributed by atoms with Crippen molar-refractivity contribution in [2.45, 2.75) is 0 Å². The number of ether oxygens (including phenoxy) is 2. The molecule has 0 saturated heterocycles. The molecule has 0 aliphatic rings. The maximum absolute atomic E-state index is 12.1. The van der Waals surface area contributed by atoms with Crippen LogP contribution >= 0.6 is 0 Å². The zero-order valence-corrected chi connectivity index (χ0v) is 16.8. The lowest BCUT2D eigenvalue weighted by molar-refractivity contribution is -0.386. The van der Waals surface area contributed by atoms with Crippen LogP contribution in [0.5, 0.6) is 11.5 Å². The van der Waals surface area contributed by atoms with Gasteiger partial charge in [-0.1, -0.05) is 30.3 Å². The monoisotopic (exact) mass is 438 g/mol. The Morgan fingerprint density at radius 1 is 1.09 bits per heavy atom. The van der Waals surface area contributed by atoms with Gasteiger partial charge in [-0.25, -0.2) is 4.79 Å². The van der Waals surface area contributed by atoms with Gasteiger partial charge < -0.3 is 19.8 Å². The molecule has 0 bridgehead atoms. The van der Waals surface area contributed by atoms with Crippen LogP contribution in [0.2, 0.25) is 0 Å². The first kappa shape index (κ1) is 22.0. The standard InChI is InChI=1S/C21H18N4O7/c1-31-17-5-3-2-4-15(17)22-18(26)12-32-14-9-6-13(7-10-14)8-11-16-19(25(29)30)20(27)24-21(28)23-16/h2-11H,12H2,1H3,(H,22,26)(H2,23,24,27,28)/b11-8+. The van der Waals surface area contributed by atoms with Crippen molar-refractivity contribution >= 4 is 29.4 Å². The van der Waals surface area contributed by atoms with E-state index in [1.807, 2.05) is 4.98 Å². The summed E-state index contributed by atoms with van der Waals surface area (Å²) in [6.45, 7) is -0.229. The molecule has 0 atom stereocenters. The predicted octanol–water partition coefficient (Wildman–Crippen LogP) is 2.17. The highest BCUT2D eigenvalue weighted by molar-refractivity contribution is 5.93. The van der Waals surface area contributed by atoms with E-state index in [2.05, 4.69) is 10.3 Å². The molecule has 0 aliphatic carbocycles. The minimum Gasteiger partial charge on any atom is -0.495 e. The number of para-hydroxylation sites is 2. The average molecular weight is 438 g/mol. The highest BCUT2D eigenvalue weighted by atomic mass is 16.6. The van der Waals surface area contributed by atoms with Crippen LogP contribution in [0, 0.1) is 10.1 Å². The molecule has 11 nitrogen and oxygen atoms in total. The van der Waals surface area contributed by atoms with E-state index in [0.29, 0.717) is 22.7 Å². The number of anilines is 1. The molecule has 0 radical (unpaired) electrons. The number of benzene rings is 2. The molecule has 1 amide bonds. The molecule has 164 valence electrons. The van der Waals surface area contributed by atoms with Gasteiger partial charge in [0.05, 0.1) is 17.7 Å². The number of nitrogens with one attached hydrogen (secondary N) is 3. The fraction of sp³-hybridized carbons (Fsp3) is 0.0952. The predicted molar refractivity (Wildman–Crippen MR) is 117 cm³/mol. The molecule has 1 heterocycles. The first-order chi connectivity index (χ1) is 15.4. The van der Waals surface area contributed by atoms with Gasteiger partial charge >= 0.3 is 16.9 Å². The van der Waals surface area contributed by atoms with Gasteiger partial charge in [0.1, 0.15) is 17.2 Å². The lowest BCUT2D eigenvalue weighted by atomic mass is 10.2. The summed E-state index contributed by atoms with van der Waals surface area (Å²) in [4.78, 5) is 49.4. The molecule has 0 spiro atoms. The average Bonchev–Trinajstić information content (AvgIpc) is 2.76. The molecule has 3 aromatic rings. The summed E-state index contributed by atoms with van der Waals surface area (Å²) in [5, 5.41) is 13.8. The van der Waals surface area contributed by atoms with Gasteiger partial charge in [-0.2, -0.15) is 0 Å². The van der Waals surface area contributed by atoms with Gasteiger partial charge in [-0.3, -0.25) is 24.7 Å². The van der Waals surface area contributed by atoms with Crippen molar-refractivity contribution in [1.29, 1.82) is 0 Å². The molecular weight excluding hydrogens is 420 g/mol. The molecule has 32 heavy (non-hydrogen) atoms. The molecule has 0 saturated carbocycles. The number of amides is 1. The van der Waals surface area contributed by atoms with Gasteiger partial charge in [-0.05, 0) is 35.9 Å². The van der Waals surface area contributed by atoms with Crippen LogP contribution in [0.15, 0.2) is 58.1 Å². The largest absolute Gasteiger partial charge is 0.495 e. The van der Waals surface area contributed by atoms with E-state index < -0.39 is 21.9 Å². The molecule has 2 aromatic carbocycles. The second kappa shape index (κ2) is 9.89. The highest BCUT2D eigenvalue weighted by Crippen LogP contribution is 2.23. The van der Waals surface area contributed by atoms with E-state index in [1.165, 1.54) is 19.3 Å². The maximum Gasteiger partial charge on any atom is 0.357 e. The molecule has 1 aromatic heterocycles. The van der Waals surface area contributed by atoms with E-state index in [1.54, 1.807) is 48.5 Å². The Hall–Kier alpha value is -4.67. The number of hydrogen-bond donors (Lipinski definition) is 3. The number of H-pyrrole nitrogens is 2. The Morgan fingerprint density at radius 2 is 1.81 bits per heavy atom.